The second-order valence-corrected chi connectivity index (χ2v) is 10.1. The van der Waals surface area contributed by atoms with Crippen molar-refractivity contribution in [3.63, 3.8) is 0 Å². The van der Waals surface area contributed by atoms with Crippen LogP contribution in [0.5, 0.6) is 0 Å². The second-order valence-electron chi connectivity index (χ2n) is 7.89. The van der Waals surface area contributed by atoms with Crippen LogP contribution in [0.2, 0.25) is 0 Å². The summed E-state index contributed by atoms with van der Waals surface area (Å²) in [6, 6.07) is 2.42. The van der Waals surface area contributed by atoms with E-state index in [1.54, 1.807) is 9.78 Å². The Morgan fingerprint density at radius 1 is 1.26 bits per heavy atom. The van der Waals surface area contributed by atoms with Gasteiger partial charge in [0.25, 0.3) is 0 Å². The van der Waals surface area contributed by atoms with E-state index in [-0.39, 0.29) is 5.41 Å². The molecule has 0 bridgehead atoms. The molecular weight excluding hydrogens is 318 g/mol. The van der Waals surface area contributed by atoms with Crippen LogP contribution in [0.25, 0.3) is 6.08 Å². The average molecular weight is 344 g/mol. The molecule has 2 atom stereocenters. The third-order valence-corrected chi connectivity index (χ3v) is 8.41. The van der Waals surface area contributed by atoms with Gasteiger partial charge in [-0.05, 0) is 49.8 Å². The fourth-order valence-electron chi connectivity index (χ4n) is 3.89. The molecule has 23 heavy (non-hydrogen) atoms. The zero-order valence-electron chi connectivity index (χ0n) is 14.6. The highest BCUT2D eigenvalue weighted by Gasteiger charge is 2.38. The monoisotopic (exact) mass is 343 g/mol. The van der Waals surface area contributed by atoms with E-state index in [4.69, 9.17) is 0 Å². The molecule has 0 aromatic carbocycles. The lowest BCUT2D eigenvalue weighted by molar-refractivity contribution is 0.466. The number of thiophene rings is 1. The van der Waals surface area contributed by atoms with Crippen molar-refractivity contribution >= 4 is 29.2 Å². The molecule has 2 heterocycles. The molecule has 1 aromatic heterocycles. The van der Waals surface area contributed by atoms with Crippen molar-refractivity contribution in [3.8, 4) is 0 Å². The van der Waals surface area contributed by atoms with E-state index in [0.717, 1.165) is 6.42 Å². The number of rotatable bonds is 1. The second kappa shape index (κ2) is 5.29. The van der Waals surface area contributed by atoms with Crippen molar-refractivity contribution in [1.82, 2.24) is 5.32 Å². The molecule has 0 saturated heterocycles. The molecule has 0 fully saturated rings. The first kappa shape index (κ1) is 15.6. The Labute approximate surface area is 147 Å². The Balaban J connectivity index is 1.66. The summed E-state index contributed by atoms with van der Waals surface area (Å²) in [7, 11) is 0. The largest absolute Gasteiger partial charge is 0.368 e. The summed E-state index contributed by atoms with van der Waals surface area (Å²) in [5.74, 6) is 0.667. The third kappa shape index (κ3) is 2.53. The van der Waals surface area contributed by atoms with Gasteiger partial charge in [-0.2, -0.15) is 0 Å². The fraction of sp³-hybridized carbons (Fsp3) is 0.500. The number of allylic oxidation sites excluding steroid dienone is 4. The maximum absolute atomic E-state index is 3.81. The normalized spacial score (nSPS) is 28.7. The highest BCUT2D eigenvalue weighted by molar-refractivity contribution is 8.03. The van der Waals surface area contributed by atoms with E-state index in [1.165, 1.54) is 33.7 Å². The van der Waals surface area contributed by atoms with Gasteiger partial charge in [0.05, 0.1) is 0 Å². The summed E-state index contributed by atoms with van der Waals surface area (Å²) in [4.78, 5) is 4.61. The predicted molar refractivity (Wildman–Crippen MR) is 104 cm³/mol. The van der Waals surface area contributed by atoms with Gasteiger partial charge in [-0.15, -0.1) is 11.3 Å². The Bertz CT molecular complexity index is 761. The van der Waals surface area contributed by atoms with Gasteiger partial charge in [-0.25, -0.2) is 0 Å². The Kier molecular flexibility index (Phi) is 3.58. The van der Waals surface area contributed by atoms with E-state index in [2.05, 4.69) is 58.2 Å². The van der Waals surface area contributed by atoms with Crippen molar-refractivity contribution < 1.29 is 0 Å². The van der Waals surface area contributed by atoms with Gasteiger partial charge in [0.15, 0.2) is 0 Å². The van der Waals surface area contributed by atoms with Gasteiger partial charge in [-0.3, -0.25) is 0 Å². The smallest absolute Gasteiger partial charge is 0.112 e. The molecule has 0 radical (unpaired) electrons. The summed E-state index contributed by atoms with van der Waals surface area (Å²) >= 11 is 4.06. The van der Waals surface area contributed by atoms with Gasteiger partial charge in [0.2, 0.25) is 0 Å². The molecule has 2 unspecified atom stereocenters. The molecular formula is C20H25NS2. The molecule has 1 aliphatic heterocycles. The molecule has 3 heteroatoms. The van der Waals surface area contributed by atoms with Crippen molar-refractivity contribution in [3.05, 3.63) is 49.2 Å². The molecule has 122 valence electrons. The lowest BCUT2D eigenvalue weighted by Crippen LogP contribution is -2.19. The SMILES string of the molecule is CC1=Cc2cc(C3NC4=C(S3)C(C)(C)CC=C4C)sc2C(C)C1. The van der Waals surface area contributed by atoms with E-state index < -0.39 is 0 Å². The van der Waals surface area contributed by atoms with Crippen molar-refractivity contribution in [2.24, 2.45) is 5.41 Å². The maximum Gasteiger partial charge on any atom is 0.112 e. The Morgan fingerprint density at radius 2 is 2.04 bits per heavy atom. The van der Waals surface area contributed by atoms with Gasteiger partial charge in [-0.1, -0.05) is 50.3 Å². The topological polar surface area (TPSA) is 12.0 Å². The molecule has 4 rings (SSSR count). The highest BCUT2D eigenvalue weighted by Crippen LogP contribution is 2.55. The number of fused-ring (bicyclic) bond motifs is 1. The van der Waals surface area contributed by atoms with Gasteiger partial charge >= 0.3 is 0 Å². The molecule has 0 amide bonds. The average Bonchev–Trinajstić information content (AvgIpc) is 3.07. The molecule has 1 nitrogen and oxygen atoms in total. The van der Waals surface area contributed by atoms with Crippen LogP contribution in [0, 0.1) is 5.41 Å². The van der Waals surface area contributed by atoms with E-state index in [9.17, 15) is 0 Å². The number of hydrogen-bond acceptors (Lipinski definition) is 3. The van der Waals surface area contributed by atoms with E-state index >= 15 is 0 Å². The fourth-order valence-corrected chi connectivity index (χ4v) is 6.64. The number of hydrogen-bond donors (Lipinski definition) is 1. The summed E-state index contributed by atoms with van der Waals surface area (Å²) in [5.41, 5.74) is 6.04. The Morgan fingerprint density at radius 3 is 2.78 bits per heavy atom. The summed E-state index contributed by atoms with van der Waals surface area (Å²) in [6.07, 6.45) is 7.14. The minimum Gasteiger partial charge on any atom is -0.368 e. The first-order chi connectivity index (χ1) is 10.8. The maximum atomic E-state index is 3.81. The molecule has 1 N–H and O–H groups in total. The molecule has 2 aliphatic carbocycles. The molecule has 0 spiro atoms. The zero-order chi connectivity index (χ0) is 16.4. The van der Waals surface area contributed by atoms with Crippen molar-refractivity contribution in [1.29, 1.82) is 0 Å². The lowest BCUT2D eigenvalue weighted by Gasteiger charge is -2.29. The van der Waals surface area contributed by atoms with Crippen molar-refractivity contribution in [2.45, 2.75) is 58.8 Å². The molecule has 3 aliphatic rings. The first-order valence-electron chi connectivity index (χ1n) is 8.51. The van der Waals surface area contributed by atoms with Crippen LogP contribution in [0.1, 0.15) is 74.1 Å². The zero-order valence-corrected chi connectivity index (χ0v) is 16.3. The van der Waals surface area contributed by atoms with Crippen LogP contribution in [0.15, 0.2) is 33.9 Å². The third-order valence-electron chi connectivity index (χ3n) is 5.21. The predicted octanol–water partition coefficient (Wildman–Crippen LogP) is 6.58. The summed E-state index contributed by atoms with van der Waals surface area (Å²) < 4.78 is 0. The van der Waals surface area contributed by atoms with Crippen LogP contribution in [0.4, 0.5) is 0 Å². The minimum absolute atomic E-state index is 0.266. The van der Waals surface area contributed by atoms with Crippen LogP contribution < -0.4 is 5.32 Å². The van der Waals surface area contributed by atoms with Gasteiger partial charge in [0, 0.05) is 25.8 Å². The van der Waals surface area contributed by atoms with Crippen LogP contribution in [0.3, 0.4) is 0 Å². The van der Waals surface area contributed by atoms with E-state index in [0.29, 0.717) is 11.3 Å². The van der Waals surface area contributed by atoms with Crippen LogP contribution in [-0.4, -0.2) is 0 Å². The van der Waals surface area contributed by atoms with E-state index in [1.807, 2.05) is 23.1 Å². The highest BCUT2D eigenvalue weighted by atomic mass is 32.2. The molecule has 0 saturated carbocycles. The molecule has 1 aromatic rings. The van der Waals surface area contributed by atoms with Crippen molar-refractivity contribution in [2.75, 3.05) is 0 Å². The summed E-state index contributed by atoms with van der Waals surface area (Å²) in [5, 5.41) is 4.20. The quantitative estimate of drug-likeness (QED) is 0.618. The Hall–Kier alpha value is -0.930. The standard InChI is InChI=1S/C20H25NS2/c1-11-8-13(3)17-14(9-11)10-15(22-17)19-21-16-12(2)6-7-20(4,5)18(16)23-19/h6,9-10,13,19,21H,7-8H2,1-5H3. The number of nitrogens with one attached hydrogen (secondary N) is 1. The van der Waals surface area contributed by atoms with Crippen LogP contribution >= 0.6 is 23.1 Å². The van der Waals surface area contributed by atoms with Gasteiger partial charge < -0.3 is 5.32 Å². The van der Waals surface area contributed by atoms with Gasteiger partial charge in [0.1, 0.15) is 5.37 Å². The minimum atomic E-state index is 0.266. The lowest BCUT2D eigenvalue weighted by atomic mass is 9.82. The van der Waals surface area contributed by atoms with Crippen LogP contribution in [-0.2, 0) is 0 Å². The summed E-state index contributed by atoms with van der Waals surface area (Å²) in [6.45, 7) is 11.6. The first-order valence-corrected chi connectivity index (χ1v) is 10.2. The number of thioether (sulfide) groups is 1.